The van der Waals surface area contributed by atoms with Crippen molar-refractivity contribution >= 4 is 17.9 Å². The van der Waals surface area contributed by atoms with Crippen molar-refractivity contribution in [2.75, 3.05) is 0 Å². The second-order valence-corrected chi connectivity index (χ2v) is 5.38. The molecule has 0 unspecified atom stereocenters. The number of aryl methyl sites for hydroxylation is 1. The van der Waals surface area contributed by atoms with Crippen LogP contribution in [-0.4, -0.2) is 17.9 Å². The number of aldehydes is 1. The van der Waals surface area contributed by atoms with Gasteiger partial charge in [0.15, 0.2) is 17.9 Å². The Morgan fingerprint density at radius 1 is 0.909 bits per heavy atom. The van der Waals surface area contributed by atoms with E-state index >= 15 is 0 Å². The third-order valence-corrected chi connectivity index (χ3v) is 3.84. The Labute approximate surface area is 128 Å². The van der Waals surface area contributed by atoms with Crippen LogP contribution in [0.1, 0.15) is 31.8 Å². The number of hydrogen-bond donors (Lipinski definition) is 0. The molecule has 0 N–H and O–H groups in total. The molecule has 0 spiro atoms. The summed E-state index contributed by atoms with van der Waals surface area (Å²) in [5.74, 6) is -0.605. The fourth-order valence-electron chi connectivity index (χ4n) is 2.77. The minimum Gasteiger partial charge on any atom is -0.298 e. The highest BCUT2D eigenvalue weighted by Gasteiger charge is 2.31. The van der Waals surface area contributed by atoms with Crippen molar-refractivity contribution in [2.45, 2.75) is 13.3 Å². The zero-order chi connectivity index (χ0) is 15.7. The minimum atomic E-state index is -0.368. The lowest BCUT2D eigenvalue weighted by Gasteiger charge is -2.18. The van der Waals surface area contributed by atoms with E-state index in [0.29, 0.717) is 17.4 Å². The Kier molecular flexibility index (Phi) is 3.55. The molecule has 0 amide bonds. The highest BCUT2D eigenvalue weighted by Crippen LogP contribution is 2.27. The van der Waals surface area contributed by atoms with Gasteiger partial charge in [-0.2, -0.15) is 0 Å². The Balaban J connectivity index is 2.10. The van der Waals surface area contributed by atoms with Gasteiger partial charge in [-0.05, 0) is 12.5 Å². The van der Waals surface area contributed by atoms with Gasteiger partial charge in [-0.3, -0.25) is 14.4 Å². The van der Waals surface area contributed by atoms with Gasteiger partial charge in [-0.25, -0.2) is 0 Å². The summed E-state index contributed by atoms with van der Waals surface area (Å²) in [6, 6.07) is 14.3. The quantitative estimate of drug-likeness (QED) is 0.644. The van der Waals surface area contributed by atoms with Gasteiger partial charge in [0.05, 0.1) is 5.57 Å². The highest BCUT2D eigenvalue weighted by atomic mass is 16.1. The molecule has 1 aliphatic rings. The van der Waals surface area contributed by atoms with Crippen molar-refractivity contribution in [2.24, 2.45) is 0 Å². The number of benzene rings is 2. The molecule has 3 rings (SSSR count). The number of ketones is 2. The van der Waals surface area contributed by atoms with Crippen molar-refractivity contribution in [3.8, 4) is 0 Å². The molecule has 0 saturated carbocycles. The predicted molar refractivity (Wildman–Crippen MR) is 83.1 cm³/mol. The maximum absolute atomic E-state index is 12.7. The van der Waals surface area contributed by atoms with Gasteiger partial charge in [0, 0.05) is 23.1 Å². The van der Waals surface area contributed by atoms with Crippen LogP contribution >= 0.6 is 0 Å². The lowest BCUT2D eigenvalue weighted by molar-refractivity contribution is -0.104. The van der Waals surface area contributed by atoms with Crippen molar-refractivity contribution < 1.29 is 14.4 Å². The number of Topliss-reactive ketones (excluding diaryl/α,β-unsaturated/α-hetero) is 2. The van der Waals surface area contributed by atoms with Crippen LogP contribution in [0.5, 0.6) is 0 Å². The Morgan fingerprint density at radius 3 is 2.23 bits per heavy atom. The van der Waals surface area contributed by atoms with Gasteiger partial charge in [0.1, 0.15) is 0 Å². The smallest absolute Gasteiger partial charge is 0.197 e. The van der Waals surface area contributed by atoms with E-state index in [2.05, 4.69) is 0 Å². The second kappa shape index (κ2) is 5.53. The van der Waals surface area contributed by atoms with Gasteiger partial charge in [-0.15, -0.1) is 0 Å². The molecule has 3 nitrogen and oxygen atoms in total. The number of fused-ring (bicyclic) bond motifs is 1. The molecule has 22 heavy (non-hydrogen) atoms. The lowest BCUT2D eigenvalue weighted by atomic mass is 9.82. The molecule has 0 radical (unpaired) electrons. The van der Waals surface area contributed by atoms with Gasteiger partial charge in [0.2, 0.25) is 0 Å². The molecule has 108 valence electrons. The summed E-state index contributed by atoms with van der Waals surface area (Å²) in [5, 5.41) is 0. The molecule has 0 heterocycles. The fraction of sp³-hybridized carbons (Fsp3) is 0.105. The van der Waals surface area contributed by atoms with Gasteiger partial charge in [0.25, 0.3) is 0 Å². The van der Waals surface area contributed by atoms with Crippen LogP contribution in [0, 0.1) is 6.92 Å². The van der Waals surface area contributed by atoms with Crippen molar-refractivity contribution in [3.63, 3.8) is 0 Å². The molecular formula is C19H14O3. The molecule has 2 aromatic rings. The fourth-order valence-corrected chi connectivity index (χ4v) is 2.77. The molecule has 0 aliphatic heterocycles. The van der Waals surface area contributed by atoms with E-state index in [4.69, 9.17) is 0 Å². The SMILES string of the molecule is Cc1cccc(CC2=C(C=O)C(=O)c3ccccc3C2=O)c1. The topological polar surface area (TPSA) is 51.2 Å². The van der Waals surface area contributed by atoms with Crippen LogP contribution in [0.2, 0.25) is 0 Å². The van der Waals surface area contributed by atoms with E-state index in [-0.39, 0.29) is 29.1 Å². The number of carbonyl (C=O) groups excluding carboxylic acids is 3. The third kappa shape index (κ3) is 2.31. The standard InChI is InChI=1S/C19H14O3/c1-12-5-4-6-13(9-12)10-16-17(11-20)19(22)15-8-3-2-7-14(15)18(16)21/h2-9,11H,10H2,1H3. The van der Waals surface area contributed by atoms with Crippen molar-refractivity contribution in [1.82, 2.24) is 0 Å². The monoisotopic (exact) mass is 290 g/mol. The van der Waals surface area contributed by atoms with E-state index in [1.165, 1.54) is 0 Å². The zero-order valence-corrected chi connectivity index (χ0v) is 12.1. The van der Waals surface area contributed by atoms with Crippen LogP contribution in [0.3, 0.4) is 0 Å². The van der Waals surface area contributed by atoms with Gasteiger partial charge in [-0.1, -0.05) is 54.1 Å². The van der Waals surface area contributed by atoms with E-state index in [9.17, 15) is 14.4 Å². The van der Waals surface area contributed by atoms with E-state index in [1.807, 2.05) is 31.2 Å². The summed E-state index contributed by atoms with van der Waals surface area (Å²) in [7, 11) is 0. The van der Waals surface area contributed by atoms with Crippen LogP contribution in [0.4, 0.5) is 0 Å². The number of hydrogen-bond acceptors (Lipinski definition) is 3. The summed E-state index contributed by atoms with van der Waals surface area (Å²) >= 11 is 0. The maximum atomic E-state index is 12.7. The molecule has 0 saturated heterocycles. The summed E-state index contributed by atoms with van der Waals surface area (Å²) in [6.45, 7) is 1.96. The van der Waals surface area contributed by atoms with Crippen LogP contribution < -0.4 is 0 Å². The molecule has 3 heteroatoms. The largest absolute Gasteiger partial charge is 0.298 e. The minimum absolute atomic E-state index is 0.0230. The highest BCUT2D eigenvalue weighted by molar-refractivity contribution is 6.33. The van der Waals surface area contributed by atoms with E-state index in [1.54, 1.807) is 24.3 Å². The first-order valence-corrected chi connectivity index (χ1v) is 7.04. The average molecular weight is 290 g/mol. The summed E-state index contributed by atoms with van der Waals surface area (Å²) < 4.78 is 0. The van der Waals surface area contributed by atoms with Crippen LogP contribution in [-0.2, 0) is 11.2 Å². The summed E-state index contributed by atoms with van der Waals surface area (Å²) in [4.78, 5) is 36.4. The van der Waals surface area contributed by atoms with Crippen LogP contribution in [0.15, 0.2) is 59.7 Å². The van der Waals surface area contributed by atoms with E-state index < -0.39 is 0 Å². The first-order valence-electron chi connectivity index (χ1n) is 7.04. The molecule has 2 aromatic carbocycles. The Hall–Kier alpha value is -2.81. The molecular weight excluding hydrogens is 276 g/mol. The Bertz CT molecular complexity index is 828. The first-order chi connectivity index (χ1) is 10.6. The normalized spacial score (nSPS) is 14.0. The number of allylic oxidation sites excluding steroid dienone is 2. The summed E-state index contributed by atoms with van der Waals surface area (Å²) in [5.41, 5.74) is 2.92. The van der Waals surface area contributed by atoms with Gasteiger partial charge >= 0.3 is 0 Å². The molecule has 1 aliphatic carbocycles. The van der Waals surface area contributed by atoms with Crippen molar-refractivity contribution in [1.29, 1.82) is 0 Å². The number of rotatable bonds is 3. The maximum Gasteiger partial charge on any atom is 0.197 e. The summed E-state index contributed by atoms with van der Waals surface area (Å²) in [6.07, 6.45) is 0.788. The first kappa shape index (κ1) is 14.1. The predicted octanol–water partition coefficient (Wildman–Crippen LogP) is 3.11. The zero-order valence-electron chi connectivity index (χ0n) is 12.1. The van der Waals surface area contributed by atoms with Gasteiger partial charge < -0.3 is 0 Å². The molecule has 0 bridgehead atoms. The lowest BCUT2D eigenvalue weighted by Crippen LogP contribution is -2.24. The molecule has 0 fully saturated rings. The second-order valence-electron chi connectivity index (χ2n) is 5.38. The Morgan fingerprint density at radius 2 is 1.59 bits per heavy atom. The molecule has 0 atom stereocenters. The number of carbonyl (C=O) groups is 3. The third-order valence-electron chi connectivity index (χ3n) is 3.84. The molecule has 0 aromatic heterocycles. The average Bonchev–Trinajstić information content (AvgIpc) is 2.53. The van der Waals surface area contributed by atoms with Crippen molar-refractivity contribution in [3.05, 3.63) is 81.9 Å². The van der Waals surface area contributed by atoms with Crippen LogP contribution in [0.25, 0.3) is 0 Å². The van der Waals surface area contributed by atoms with E-state index in [0.717, 1.165) is 11.1 Å².